The lowest BCUT2D eigenvalue weighted by molar-refractivity contribution is 0.167. The molecule has 1 spiro atoms. The Morgan fingerprint density at radius 2 is 1.85 bits per heavy atom. The molecule has 1 aliphatic heterocycles. The van der Waals surface area contributed by atoms with Crippen LogP contribution in [0.15, 0.2) is 30.3 Å². The van der Waals surface area contributed by atoms with E-state index in [1.54, 1.807) is 0 Å². The molecule has 1 N–H and O–H groups in total. The van der Waals surface area contributed by atoms with Crippen molar-refractivity contribution in [2.45, 2.75) is 44.4 Å². The Morgan fingerprint density at radius 1 is 1.10 bits per heavy atom. The second-order valence-corrected chi connectivity index (χ2v) is 6.79. The topological polar surface area (TPSA) is 23.5 Å². The number of benzene rings is 1. The molecule has 0 unspecified atom stereocenters. The molecule has 2 nitrogen and oxygen atoms in total. The summed E-state index contributed by atoms with van der Waals surface area (Å²) in [7, 11) is 0. The molecule has 1 saturated carbocycles. The highest BCUT2D eigenvalue weighted by Crippen LogP contribution is 2.48. The van der Waals surface area contributed by atoms with Crippen molar-refractivity contribution in [3.05, 3.63) is 35.9 Å². The summed E-state index contributed by atoms with van der Waals surface area (Å²) < 4.78 is 0. The lowest BCUT2D eigenvalue weighted by atomic mass is 9.68. The minimum absolute atomic E-state index is 0.333. The van der Waals surface area contributed by atoms with Crippen LogP contribution in [0.1, 0.15) is 50.0 Å². The maximum Gasteiger partial charge on any atom is 0.0443 e. The van der Waals surface area contributed by atoms with Crippen molar-refractivity contribution in [3.8, 4) is 0 Å². The molecule has 1 aromatic carbocycles. The zero-order valence-corrected chi connectivity index (χ0v) is 12.4. The minimum Gasteiger partial charge on any atom is -0.396 e. The summed E-state index contributed by atoms with van der Waals surface area (Å²) in [5, 5.41) is 8.96. The van der Waals surface area contributed by atoms with Crippen LogP contribution in [-0.2, 0) is 0 Å². The van der Waals surface area contributed by atoms with Crippen LogP contribution in [0.3, 0.4) is 0 Å². The van der Waals surface area contributed by atoms with Gasteiger partial charge in [0.25, 0.3) is 0 Å². The van der Waals surface area contributed by atoms with Crippen molar-refractivity contribution in [1.82, 2.24) is 4.90 Å². The second kappa shape index (κ2) is 6.28. The van der Waals surface area contributed by atoms with Gasteiger partial charge >= 0.3 is 0 Å². The molecule has 0 atom stereocenters. The summed E-state index contributed by atoms with van der Waals surface area (Å²) in [6.07, 6.45) is 7.81. The molecule has 2 heteroatoms. The Morgan fingerprint density at radius 3 is 2.55 bits per heavy atom. The van der Waals surface area contributed by atoms with Gasteiger partial charge in [0.2, 0.25) is 0 Å². The predicted octanol–water partition coefficient (Wildman–Crippen LogP) is 3.42. The first kappa shape index (κ1) is 14.1. The number of aliphatic hydroxyl groups is 1. The third-order valence-corrected chi connectivity index (χ3v) is 5.47. The second-order valence-electron chi connectivity index (χ2n) is 6.79. The quantitative estimate of drug-likeness (QED) is 0.908. The Labute approximate surface area is 122 Å². The predicted molar refractivity (Wildman–Crippen MR) is 82.8 cm³/mol. The molecule has 20 heavy (non-hydrogen) atoms. The molecule has 1 aliphatic carbocycles. The largest absolute Gasteiger partial charge is 0.396 e. The van der Waals surface area contributed by atoms with E-state index in [-0.39, 0.29) is 0 Å². The minimum atomic E-state index is 0.333. The standard InChI is InChI=1S/C18H27NO/c20-14-4-12-19-13-11-18(15-19)9-7-17(8-10-18)16-5-2-1-3-6-16/h1-3,5-6,17,20H,4,7-15H2. The molecule has 3 rings (SSSR count). The van der Waals surface area contributed by atoms with E-state index in [1.165, 1.54) is 50.8 Å². The number of nitrogens with zero attached hydrogens (tertiary/aromatic N) is 1. The van der Waals surface area contributed by atoms with Gasteiger partial charge in [-0.25, -0.2) is 0 Å². The van der Waals surface area contributed by atoms with Crippen LogP contribution in [0, 0.1) is 5.41 Å². The van der Waals surface area contributed by atoms with E-state index in [4.69, 9.17) is 5.11 Å². The van der Waals surface area contributed by atoms with Crippen molar-refractivity contribution >= 4 is 0 Å². The summed E-state index contributed by atoms with van der Waals surface area (Å²) in [6.45, 7) is 3.93. The van der Waals surface area contributed by atoms with Crippen LogP contribution in [-0.4, -0.2) is 36.2 Å². The Hall–Kier alpha value is -0.860. The lowest BCUT2D eigenvalue weighted by Crippen LogP contribution is -2.31. The van der Waals surface area contributed by atoms with Gasteiger partial charge in [-0.2, -0.15) is 0 Å². The van der Waals surface area contributed by atoms with Crippen molar-refractivity contribution in [3.63, 3.8) is 0 Å². The van der Waals surface area contributed by atoms with Crippen molar-refractivity contribution in [2.24, 2.45) is 5.41 Å². The van der Waals surface area contributed by atoms with Gasteiger partial charge in [-0.15, -0.1) is 0 Å². The van der Waals surface area contributed by atoms with Crippen LogP contribution >= 0.6 is 0 Å². The van der Waals surface area contributed by atoms with Crippen molar-refractivity contribution in [1.29, 1.82) is 0 Å². The molecule has 1 saturated heterocycles. The third-order valence-electron chi connectivity index (χ3n) is 5.47. The zero-order valence-electron chi connectivity index (χ0n) is 12.4. The molecular weight excluding hydrogens is 246 g/mol. The number of hydrogen-bond donors (Lipinski definition) is 1. The van der Waals surface area contributed by atoms with Gasteiger partial charge < -0.3 is 10.0 Å². The van der Waals surface area contributed by atoms with Gasteiger partial charge in [-0.1, -0.05) is 30.3 Å². The number of rotatable bonds is 4. The van der Waals surface area contributed by atoms with E-state index in [0.29, 0.717) is 12.0 Å². The third kappa shape index (κ3) is 3.07. The fraction of sp³-hybridized carbons (Fsp3) is 0.667. The van der Waals surface area contributed by atoms with E-state index in [0.717, 1.165) is 18.9 Å². The van der Waals surface area contributed by atoms with E-state index < -0.39 is 0 Å². The first-order chi connectivity index (χ1) is 9.81. The fourth-order valence-corrected chi connectivity index (χ4v) is 4.21. The first-order valence-electron chi connectivity index (χ1n) is 8.19. The van der Waals surface area contributed by atoms with E-state index in [2.05, 4.69) is 35.2 Å². The molecule has 2 fully saturated rings. The van der Waals surface area contributed by atoms with E-state index in [1.807, 2.05) is 0 Å². The van der Waals surface area contributed by atoms with Crippen LogP contribution in [0.25, 0.3) is 0 Å². The monoisotopic (exact) mass is 273 g/mol. The smallest absolute Gasteiger partial charge is 0.0443 e. The average molecular weight is 273 g/mol. The van der Waals surface area contributed by atoms with Gasteiger partial charge in [-0.3, -0.25) is 0 Å². The fourth-order valence-electron chi connectivity index (χ4n) is 4.21. The van der Waals surface area contributed by atoms with Crippen LogP contribution in [0.4, 0.5) is 0 Å². The summed E-state index contributed by atoms with van der Waals surface area (Å²) in [6, 6.07) is 11.1. The summed E-state index contributed by atoms with van der Waals surface area (Å²) in [5.74, 6) is 0.785. The number of aliphatic hydroxyl groups excluding tert-OH is 1. The van der Waals surface area contributed by atoms with E-state index in [9.17, 15) is 0 Å². The number of hydrogen-bond acceptors (Lipinski definition) is 2. The van der Waals surface area contributed by atoms with Gasteiger partial charge in [0.15, 0.2) is 0 Å². The highest BCUT2D eigenvalue weighted by molar-refractivity contribution is 5.20. The molecule has 0 aromatic heterocycles. The zero-order chi connectivity index (χ0) is 13.8. The summed E-state index contributed by atoms with van der Waals surface area (Å²) >= 11 is 0. The maximum atomic E-state index is 8.96. The Kier molecular flexibility index (Phi) is 4.42. The molecule has 2 aliphatic rings. The Balaban J connectivity index is 1.54. The van der Waals surface area contributed by atoms with E-state index >= 15 is 0 Å². The molecule has 0 amide bonds. The molecule has 0 radical (unpaired) electrons. The molecule has 1 heterocycles. The van der Waals surface area contributed by atoms with Gasteiger partial charge in [0, 0.05) is 19.7 Å². The molecule has 110 valence electrons. The van der Waals surface area contributed by atoms with Gasteiger partial charge in [0.05, 0.1) is 0 Å². The van der Waals surface area contributed by atoms with Crippen molar-refractivity contribution in [2.75, 3.05) is 26.2 Å². The highest BCUT2D eigenvalue weighted by Gasteiger charge is 2.40. The molecule has 1 aromatic rings. The van der Waals surface area contributed by atoms with Crippen LogP contribution in [0.2, 0.25) is 0 Å². The van der Waals surface area contributed by atoms with Gasteiger partial charge in [-0.05, 0) is 62.0 Å². The number of likely N-dealkylation sites (tertiary alicyclic amines) is 1. The maximum absolute atomic E-state index is 8.96. The first-order valence-corrected chi connectivity index (χ1v) is 8.19. The van der Waals surface area contributed by atoms with Crippen LogP contribution in [0.5, 0.6) is 0 Å². The van der Waals surface area contributed by atoms with Crippen molar-refractivity contribution < 1.29 is 5.11 Å². The molecular formula is C18H27NO. The highest BCUT2D eigenvalue weighted by atomic mass is 16.3. The summed E-state index contributed by atoms with van der Waals surface area (Å²) in [5.41, 5.74) is 2.14. The SMILES string of the molecule is OCCCN1CCC2(CCC(c3ccccc3)CC2)C1. The lowest BCUT2D eigenvalue weighted by Gasteiger charge is -2.37. The molecule has 0 bridgehead atoms. The van der Waals surface area contributed by atoms with Crippen LogP contribution < -0.4 is 0 Å². The summed E-state index contributed by atoms with van der Waals surface area (Å²) in [4.78, 5) is 2.57. The average Bonchev–Trinajstić information content (AvgIpc) is 2.90. The Bertz CT molecular complexity index is 409. The normalized spacial score (nSPS) is 30.9. The van der Waals surface area contributed by atoms with Gasteiger partial charge in [0.1, 0.15) is 0 Å².